The molecule has 0 N–H and O–H groups in total. The third kappa shape index (κ3) is 64.3. The number of alkyl halides is 15. The topological polar surface area (TPSA) is 0 Å². The Morgan fingerprint density at radius 2 is 0.722 bits per heavy atom. The second-order valence-electron chi connectivity index (χ2n) is 32.0. The monoisotopic (exact) mass is 1340 g/mol. The van der Waals surface area contributed by atoms with Crippen LogP contribution in [0, 0.1) is 111 Å². The first-order valence-electron chi connectivity index (χ1n) is 36.2. The van der Waals surface area contributed by atoms with Gasteiger partial charge in [0.15, 0.2) is 0 Å². The minimum atomic E-state index is -3.99. The van der Waals surface area contributed by atoms with Crippen LogP contribution in [0.5, 0.6) is 0 Å². The predicted octanol–water partition coefficient (Wildman–Crippen LogP) is 31.0. The molecule has 90 heavy (non-hydrogen) atoms. The van der Waals surface area contributed by atoms with E-state index in [0.29, 0.717) is 42.9 Å². The minimum Gasteiger partial charge on any atom is -0.171 e. The minimum absolute atomic E-state index is 0.170. The van der Waals surface area contributed by atoms with Crippen molar-refractivity contribution in [1.29, 1.82) is 0 Å². The Morgan fingerprint density at radius 1 is 0.367 bits per heavy atom. The van der Waals surface area contributed by atoms with Gasteiger partial charge in [-0.3, -0.25) is 0 Å². The van der Waals surface area contributed by atoms with Crippen LogP contribution in [0.15, 0.2) is 0 Å². The summed E-state index contributed by atoms with van der Waals surface area (Å²) in [5.74, 6) is -0.110. The summed E-state index contributed by atoms with van der Waals surface area (Å²) in [6, 6.07) is 0. The van der Waals surface area contributed by atoms with Crippen molar-refractivity contribution in [1.82, 2.24) is 0 Å². The highest BCUT2D eigenvalue weighted by Crippen LogP contribution is 2.46. The van der Waals surface area contributed by atoms with Gasteiger partial charge in [0.25, 0.3) is 0 Å². The van der Waals surface area contributed by atoms with Crippen LogP contribution in [0.1, 0.15) is 346 Å². The summed E-state index contributed by atoms with van der Waals surface area (Å²) in [6.45, 7) is 62.5. The molecule has 0 aromatic heterocycles. The van der Waals surface area contributed by atoms with E-state index in [2.05, 4.69) is 118 Å². The van der Waals surface area contributed by atoms with Crippen LogP contribution in [0.2, 0.25) is 0 Å². The van der Waals surface area contributed by atoms with Gasteiger partial charge in [-0.2, -0.15) is 65.9 Å². The van der Waals surface area contributed by atoms with Crippen LogP contribution in [0.4, 0.5) is 65.9 Å². The van der Waals surface area contributed by atoms with Crippen LogP contribution in [0.25, 0.3) is 0 Å². The van der Waals surface area contributed by atoms with Crippen molar-refractivity contribution >= 4 is 0 Å². The first-order chi connectivity index (χ1) is 40.8. The molecule has 4 aliphatic carbocycles. The summed E-state index contributed by atoms with van der Waals surface area (Å²) in [5, 5.41) is 0. The highest BCUT2D eigenvalue weighted by Gasteiger charge is 2.48. The standard InChI is InChI=1S/2C9H15F3.C8H13F3.C8H16.C7H16.C6H11F3.3C6H14.C5H9F3.C5H12/c1-6-3-7(2)5-8(4-6)9(10,11)12;1-6-4-3-5-8(7(6)2)9(10,11)12;1-5-3-6(2)7(4-5)8(9,10)11;1-6-4-5-7(2)8(6)3;1-5-6-7(2,3)4;1-3-4-5(2)6(7,8)9;2*1-5-6(2,3)4;1-4-5-6(2)3;1-3-4(2)5(6,7)8;1-4-5(2)3/h2*6-8H,3-5H2,1-2H3;5-7H,3-4H2,1-2H3;6-8H,4-5H2,1-3H3;5-6H2,1-4H3;5H,3-4H2,1-2H3;2*5H2,1-4H3;6H,4-5H2,1-3H3;4H,3H2,1-2H3;5H,4H2,1-3H3/t6-,7?,8?;6?,7-,8?;5-,6?,7?;;;;;;;;/m010......../s1/i;;;;;;5D2;;;;. The van der Waals surface area contributed by atoms with E-state index < -0.39 is 66.8 Å². The van der Waals surface area contributed by atoms with Crippen molar-refractivity contribution in [2.75, 3.05) is 0 Å². The third-order valence-electron chi connectivity index (χ3n) is 18.1. The zero-order valence-electron chi connectivity index (χ0n) is 65.8. The first kappa shape index (κ1) is 97.6. The quantitative estimate of drug-likeness (QED) is 0.223. The van der Waals surface area contributed by atoms with Gasteiger partial charge in [0.05, 0.1) is 29.6 Å². The largest absolute Gasteiger partial charge is 0.392 e. The molecule has 0 aliphatic heterocycles. The lowest BCUT2D eigenvalue weighted by atomic mass is 9.73. The second-order valence-corrected chi connectivity index (χ2v) is 32.0. The summed E-state index contributed by atoms with van der Waals surface area (Å²) in [7, 11) is 0. The fourth-order valence-electron chi connectivity index (χ4n) is 10.0. The van der Waals surface area contributed by atoms with Crippen molar-refractivity contribution in [3.63, 3.8) is 0 Å². The molecule has 4 aliphatic rings. The third-order valence-corrected chi connectivity index (χ3v) is 18.1. The Labute approximate surface area is 551 Å². The van der Waals surface area contributed by atoms with Crippen LogP contribution >= 0.6 is 0 Å². The Balaban J connectivity index is -0.000000175. The number of halogens is 15. The van der Waals surface area contributed by atoms with Crippen molar-refractivity contribution in [3.8, 4) is 0 Å². The van der Waals surface area contributed by atoms with Crippen molar-refractivity contribution < 1.29 is 68.6 Å². The number of hydrogen-bond acceptors (Lipinski definition) is 0. The average molecular weight is 1340 g/mol. The first-order valence-corrected chi connectivity index (χ1v) is 35.2. The summed E-state index contributed by atoms with van der Waals surface area (Å²) < 4.78 is 194. The van der Waals surface area contributed by atoms with Gasteiger partial charge in [-0.25, -0.2) is 0 Å². The van der Waals surface area contributed by atoms with E-state index in [-0.39, 0.29) is 53.8 Å². The van der Waals surface area contributed by atoms with Crippen molar-refractivity contribution in [3.05, 3.63) is 0 Å². The van der Waals surface area contributed by atoms with Crippen LogP contribution < -0.4 is 0 Å². The SMILES string of the molecule is CC1CC(C(F)(F)F)C[C@@H](C)C1.CC1CCC(C)C1C.CC1CCCC(C(F)(F)F)[C@@H]1C.CC1C[C@H](C)CC1C(F)(F)F.CCC(C)(C)C.CCC(C)C.CCC(C)C(F)(F)F.CCCC(C)(C)C.CCCC(C)C.CCCC(C)C(F)(F)F.[2H]C([2H])(C)C(C)(C)C. The van der Waals surface area contributed by atoms with Crippen molar-refractivity contribution in [2.24, 2.45) is 111 Å². The fraction of sp³-hybridized carbons (Fsp3) is 1.00. The summed E-state index contributed by atoms with van der Waals surface area (Å²) in [5.41, 5.74) is 0.863. The highest BCUT2D eigenvalue weighted by molar-refractivity contribution is 4.84. The molecule has 13 atom stereocenters. The second kappa shape index (κ2) is 50.3. The highest BCUT2D eigenvalue weighted by atomic mass is 19.4. The van der Waals surface area contributed by atoms with E-state index in [1.54, 1.807) is 27.7 Å². The van der Waals surface area contributed by atoms with Gasteiger partial charge >= 0.3 is 30.9 Å². The summed E-state index contributed by atoms with van der Waals surface area (Å²) >= 11 is 0. The maximum absolute atomic E-state index is 12.4. The zero-order chi connectivity index (χ0) is 75.2. The van der Waals surface area contributed by atoms with Gasteiger partial charge in [0.1, 0.15) is 0 Å². The van der Waals surface area contributed by atoms with E-state index in [9.17, 15) is 65.9 Å². The maximum Gasteiger partial charge on any atom is 0.392 e. The molecule has 15 heteroatoms. The molecule has 0 amide bonds. The van der Waals surface area contributed by atoms with Gasteiger partial charge in [-0.05, 0) is 139 Å². The lowest BCUT2D eigenvalue weighted by molar-refractivity contribution is -0.199. The van der Waals surface area contributed by atoms with Crippen LogP contribution in [-0.2, 0) is 0 Å². The number of rotatable bonds is 7. The molecule has 0 spiro atoms. The Morgan fingerprint density at radius 3 is 0.867 bits per heavy atom. The van der Waals surface area contributed by atoms with Crippen LogP contribution in [-0.4, -0.2) is 30.9 Å². The molecule has 4 fully saturated rings. The van der Waals surface area contributed by atoms with Gasteiger partial charge in [-0.15, -0.1) is 0 Å². The lowest BCUT2D eigenvalue weighted by Gasteiger charge is -2.35. The molecule has 0 heterocycles. The molecule has 4 rings (SSSR count). The van der Waals surface area contributed by atoms with Crippen LogP contribution in [0.3, 0.4) is 0 Å². The molecule has 0 bridgehead atoms. The van der Waals surface area contributed by atoms with Gasteiger partial charge in [-0.1, -0.05) is 285 Å². The zero-order valence-corrected chi connectivity index (χ0v) is 63.8. The van der Waals surface area contributed by atoms with E-state index in [1.165, 1.54) is 72.1 Å². The fourth-order valence-corrected chi connectivity index (χ4v) is 10.0. The van der Waals surface area contributed by atoms with E-state index in [1.807, 2.05) is 48.5 Å². The Hall–Kier alpha value is -1.05. The number of hydrogen-bond donors (Lipinski definition) is 0. The maximum atomic E-state index is 12.4. The molecule has 0 aromatic carbocycles. The predicted molar refractivity (Wildman–Crippen MR) is 362 cm³/mol. The summed E-state index contributed by atoms with van der Waals surface area (Å²) in [4.78, 5) is 0. The van der Waals surface area contributed by atoms with Crippen molar-refractivity contribution in [2.45, 2.75) is 374 Å². The smallest absolute Gasteiger partial charge is 0.171 e. The normalized spacial score (nSPS) is 26.5. The molecule has 0 saturated heterocycles. The summed E-state index contributed by atoms with van der Waals surface area (Å²) in [6.07, 6.45) is -4.43. The molecular formula is C75H149F15. The Bertz CT molecular complexity index is 1630. The average Bonchev–Trinajstić information content (AvgIpc) is 1.22. The van der Waals surface area contributed by atoms with Gasteiger partial charge in [0, 0.05) is 2.74 Å². The van der Waals surface area contributed by atoms with E-state index in [4.69, 9.17) is 2.74 Å². The van der Waals surface area contributed by atoms with Gasteiger partial charge in [0.2, 0.25) is 0 Å². The molecule has 4 saturated carbocycles. The Kier molecular flexibility index (Phi) is 54.6. The lowest BCUT2D eigenvalue weighted by Crippen LogP contribution is -2.35. The molecular weight excluding hydrogens is 1190 g/mol. The van der Waals surface area contributed by atoms with E-state index in [0.717, 1.165) is 55.3 Å². The van der Waals surface area contributed by atoms with Gasteiger partial charge < -0.3 is 0 Å². The molecule has 0 radical (unpaired) electrons. The molecule has 10 unspecified atom stereocenters. The molecule has 0 nitrogen and oxygen atoms in total. The van der Waals surface area contributed by atoms with E-state index >= 15 is 0 Å². The molecule has 0 aromatic rings. The molecule has 554 valence electrons.